The zero-order valence-electron chi connectivity index (χ0n) is 10.6. The fourth-order valence-corrected chi connectivity index (χ4v) is 2.90. The van der Waals surface area contributed by atoms with E-state index in [1.165, 1.54) is 18.3 Å². The number of nitrogens with two attached hydrogens (primary N) is 1. The van der Waals surface area contributed by atoms with Crippen LogP contribution in [0.5, 0.6) is 0 Å². The maximum Gasteiger partial charge on any atom is 0.257 e. The molecule has 0 amide bonds. The van der Waals surface area contributed by atoms with Crippen LogP contribution in [0.1, 0.15) is 11.1 Å². The van der Waals surface area contributed by atoms with E-state index in [9.17, 15) is 12.8 Å². The molecule has 0 unspecified atom stereocenters. The van der Waals surface area contributed by atoms with Gasteiger partial charge in [0.1, 0.15) is 5.82 Å². The van der Waals surface area contributed by atoms with Gasteiger partial charge in [-0.2, -0.15) is 5.10 Å². The Morgan fingerprint density at radius 1 is 1.30 bits per heavy atom. The lowest BCUT2D eigenvalue weighted by molar-refractivity contribution is 0.575. The number of nitrogens with zero attached hydrogens (tertiary/aromatic N) is 1. The van der Waals surface area contributed by atoms with Crippen molar-refractivity contribution in [1.82, 2.24) is 14.9 Å². The molecule has 0 aliphatic carbocycles. The molecule has 2 rings (SSSR count). The SMILES string of the molecule is NCc1cn[nH]c1S(=O)(=O)NCCc1ccc(F)cc1. The number of hydrogen-bond acceptors (Lipinski definition) is 4. The minimum absolute atomic E-state index is 0.0147. The average molecular weight is 298 g/mol. The first-order valence-corrected chi connectivity index (χ1v) is 7.47. The second-order valence-electron chi connectivity index (χ2n) is 4.20. The van der Waals surface area contributed by atoms with Gasteiger partial charge in [-0.05, 0) is 24.1 Å². The van der Waals surface area contributed by atoms with E-state index in [0.717, 1.165) is 5.56 Å². The summed E-state index contributed by atoms with van der Waals surface area (Å²) in [5.74, 6) is -0.320. The molecule has 0 bridgehead atoms. The van der Waals surface area contributed by atoms with Gasteiger partial charge < -0.3 is 5.73 Å². The van der Waals surface area contributed by atoms with Crippen molar-refractivity contribution >= 4 is 10.0 Å². The molecule has 1 heterocycles. The van der Waals surface area contributed by atoms with E-state index in [-0.39, 0.29) is 23.9 Å². The fraction of sp³-hybridized carbons (Fsp3) is 0.250. The maximum absolute atomic E-state index is 12.7. The average Bonchev–Trinajstić information content (AvgIpc) is 2.90. The standard InChI is InChI=1S/C12H15FN4O2S/c13-11-3-1-9(2-4-11)5-6-16-20(18,19)12-10(7-14)8-15-17-12/h1-4,8,16H,5-7,14H2,(H,15,17). The Bertz CT molecular complexity index is 667. The summed E-state index contributed by atoms with van der Waals surface area (Å²) in [4.78, 5) is 0. The van der Waals surface area contributed by atoms with Crippen LogP contribution >= 0.6 is 0 Å². The summed E-state index contributed by atoms with van der Waals surface area (Å²) in [7, 11) is -3.66. The van der Waals surface area contributed by atoms with Gasteiger partial charge in [0.05, 0.1) is 6.20 Å². The van der Waals surface area contributed by atoms with Crippen LogP contribution in [0.25, 0.3) is 0 Å². The number of nitrogens with one attached hydrogen (secondary N) is 2. The van der Waals surface area contributed by atoms with Crippen LogP contribution in [0.4, 0.5) is 4.39 Å². The maximum atomic E-state index is 12.7. The smallest absolute Gasteiger partial charge is 0.257 e. The normalized spacial score (nSPS) is 11.7. The largest absolute Gasteiger partial charge is 0.326 e. The van der Waals surface area contributed by atoms with E-state index in [2.05, 4.69) is 14.9 Å². The molecule has 1 aromatic carbocycles. The minimum Gasteiger partial charge on any atom is -0.326 e. The molecule has 2 aromatic rings. The lowest BCUT2D eigenvalue weighted by Crippen LogP contribution is -2.27. The Kier molecular flexibility index (Phi) is 4.48. The van der Waals surface area contributed by atoms with Crippen LogP contribution in [-0.4, -0.2) is 25.2 Å². The van der Waals surface area contributed by atoms with Gasteiger partial charge in [0.25, 0.3) is 10.0 Å². The number of benzene rings is 1. The minimum atomic E-state index is -3.66. The third-order valence-electron chi connectivity index (χ3n) is 2.79. The highest BCUT2D eigenvalue weighted by molar-refractivity contribution is 7.89. The van der Waals surface area contributed by atoms with Crippen LogP contribution < -0.4 is 10.5 Å². The predicted molar refractivity (Wildman–Crippen MR) is 71.8 cm³/mol. The van der Waals surface area contributed by atoms with Crippen molar-refractivity contribution in [1.29, 1.82) is 0 Å². The van der Waals surface area contributed by atoms with Crippen molar-refractivity contribution in [2.75, 3.05) is 6.54 Å². The Labute approximate surface area is 116 Å². The van der Waals surface area contributed by atoms with Gasteiger partial charge in [-0.15, -0.1) is 0 Å². The number of aromatic amines is 1. The molecule has 0 fully saturated rings. The van der Waals surface area contributed by atoms with E-state index < -0.39 is 10.0 Å². The molecule has 108 valence electrons. The van der Waals surface area contributed by atoms with Crippen molar-refractivity contribution in [3.8, 4) is 0 Å². The van der Waals surface area contributed by atoms with E-state index in [1.54, 1.807) is 12.1 Å². The summed E-state index contributed by atoms with van der Waals surface area (Å²) in [6, 6.07) is 5.91. The first kappa shape index (κ1) is 14.6. The zero-order valence-corrected chi connectivity index (χ0v) is 11.5. The topological polar surface area (TPSA) is 101 Å². The number of halogens is 1. The highest BCUT2D eigenvalue weighted by atomic mass is 32.2. The predicted octanol–water partition coefficient (Wildman–Crippen LogP) is 0.528. The third kappa shape index (κ3) is 3.41. The molecule has 0 radical (unpaired) electrons. The Morgan fingerprint density at radius 3 is 2.65 bits per heavy atom. The van der Waals surface area contributed by atoms with Crippen molar-refractivity contribution < 1.29 is 12.8 Å². The molecular formula is C12H15FN4O2S. The summed E-state index contributed by atoms with van der Waals surface area (Å²) in [5, 5.41) is 6.08. The zero-order chi connectivity index (χ0) is 14.6. The molecule has 1 aromatic heterocycles. The molecular weight excluding hydrogens is 283 g/mol. The van der Waals surface area contributed by atoms with Gasteiger partial charge in [-0.25, -0.2) is 17.5 Å². The van der Waals surface area contributed by atoms with Gasteiger partial charge in [0, 0.05) is 18.7 Å². The van der Waals surface area contributed by atoms with Crippen LogP contribution in [0.2, 0.25) is 0 Å². The monoisotopic (exact) mass is 298 g/mol. The van der Waals surface area contributed by atoms with Crippen molar-refractivity contribution in [3.05, 3.63) is 47.4 Å². The van der Waals surface area contributed by atoms with Crippen molar-refractivity contribution in [2.24, 2.45) is 5.73 Å². The highest BCUT2D eigenvalue weighted by Crippen LogP contribution is 2.11. The first-order chi connectivity index (χ1) is 9.53. The molecule has 0 spiro atoms. The molecule has 6 nitrogen and oxygen atoms in total. The second-order valence-corrected chi connectivity index (χ2v) is 5.91. The summed E-state index contributed by atoms with van der Waals surface area (Å²) in [6.45, 7) is 0.293. The number of sulfonamides is 1. The van der Waals surface area contributed by atoms with Crippen molar-refractivity contribution in [3.63, 3.8) is 0 Å². The van der Waals surface area contributed by atoms with Gasteiger partial charge >= 0.3 is 0 Å². The first-order valence-electron chi connectivity index (χ1n) is 5.99. The van der Waals surface area contributed by atoms with Gasteiger partial charge in [-0.1, -0.05) is 12.1 Å². The number of aromatic nitrogens is 2. The third-order valence-corrected chi connectivity index (χ3v) is 4.26. The van der Waals surface area contributed by atoms with E-state index >= 15 is 0 Å². The highest BCUT2D eigenvalue weighted by Gasteiger charge is 2.19. The van der Waals surface area contributed by atoms with Crippen LogP contribution in [0.15, 0.2) is 35.5 Å². The Balaban J connectivity index is 1.98. The Hall–Kier alpha value is -1.77. The number of H-pyrrole nitrogens is 1. The fourth-order valence-electron chi connectivity index (χ4n) is 1.73. The molecule has 20 heavy (non-hydrogen) atoms. The summed E-state index contributed by atoms with van der Waals surface area (Å²) in [6.07, 6.45) is 1.85. The lowest BCUT2D eigenvalue weighted by atomic mass is 10.1. The summed E-state index contributed by atoms with van der Waals surface area (Å²) in [5.41, 5.74) is 6.71. The number of hydrogen-bond donors (Lipinski definition) is 3. The second kappa shape index (κ2) is 6.12. The van der Waals surface area contributed by atoms with Gasteiger partial charge in [0.2, 0.25) is 0 Å². The summed E-state index contributed by atoms with van der Waals surface area (Å²) >= 11 is 0. The van der Waals surface area contributed by atoms with Crippen LogP contribution in [-0.2, 0) is 23.0 Å². The lowest BCUT2D eigenvalue weighted by Gasteiger charge is -2.06. The van der Waals surface area contributed by atoms with Crippen LogP contribution in [0, 0.1) is 5.82 Å². The molecule has 0 aliphatic rings. The molecule has 0 atom stereocenters. The van der Waals surface area contributed by atoms with Gasteiger partial charge in [-0.3, -0.25) is 5.10 Å². The molecule has 0 aliphatic heterocycles. The molecule has 8 heteroatoms. The molecule has 4 N–H and O–H groups in total. The Morgan fingerprint density at radius 2 is 2.00 bits per heavy atom. The quantitative estimate of drug-likeness (QED) is 0.724. The molecule has 0 saturated carbocycles. The van der Waals surface area contributed by atoms with E-state index in [4.69, 9.17) is 5.73 Å². The van der Waals surface area contributed by atoms with E-state index in [0.29, 0.717) is 12.0 Å². The molecule has 0 saturated heterocycles. The van der Waals surface area contributed by atoms with Gasteiger partial charge in [0.15, 0.2) is 5.03 Å². The summed E-state index contributed by atoms with van der Waals surface area (Å²) < 4.78 is 39.2. The van der Waals surface area contributed by atoms with E-state index in [1.807, 2.05) is 0 Å². The number of rotatable bonds is 6. The van der Waals surface area contributed by atoms with Crippen molar-refractivity contribution in [2.45, 2.75) is 18.0 Å². The van der Waals surface area contributed by atoms with Crippen LogP contribution in [0.3, 0.4) is 0 Å².